The van der Waals surface area contributed by atoms with Gasteiger partial charge in [0, 0.05) is 0 Å². The fraction of sp³-hybridized carbons (Fsp3) is 0.267. The minimum absolute atomic E-state index is 0.0841. The fourth-order valence-corrected chi connectivity index (χ4v) is 1.96. The third kappa shape index (κ3) is 3.93. The topological polar surface area (TPSA) is 64.2 Å². The molecule has 6 heteroatoms. The minimum atomic E-state index is 0.0841. The summed E-state index contributed by atoms with van der Waals surface area (Å²) in [6, 6.07) is 7.99. The van der Waals surface area contributed by atoms with Gasteiger partial charge in [-0.15, -0.1) is 0 Å². The zero-order valence-corrected chi connectivity index (χ0v) is 13.6. The molecule has 0 atom stereocenters. The van der Waals surface area contributed by atoms with Crippen molar-refractivity contribution in [2.75, 3.05) is 5.73 Å². The number of aliphatic imine (C=N–C) groups is 1. The second-order valence-electron chi connectivity index (χ2n) is 5.63. The van der Waals surface area contributed by atoms with E-state index in [1.54, 1.807) is 0 Å². The molecule has 4 nitrogen and oxygen atoms in total. The molecule has 2 aromatic rings. The van der Waals surface area contributed by atoms with Crippen molar-refractivity contribution in [2.45, 2.75) is 26.2 Å². The molecular weight excluding hydrogens is 307 g/mol. The van der Waals surface area contributed by atoms with Gasteiger partial charge in [0.1, 0.15) is 5.69 Å². The van der Waals surface area contributed by atoms with Crippen LogP contribution in [0.25, 0.3) is 0 Å². The highest BCUT2D eigenvalue weighted by molar-refractivity contribution is 6.40. The maximum absolute atomic E-state index is 5.82. The van der Waals surface area contributed by atoms with Gasteiger partial charge in [-0.1, -0.05) is 56.1 Å². The predicted octanol–water partition coefficient (Wildman–Crippen LogP) is 4.41. The van der Waals surface area contributed by atoms with Crippen molar-refractivity contribution in [3.63, 3.8) is 0 Å². The molecule has 1 aromatic heterocycles. The van der Waals surface area contributed by atoms with Gasteiger partial charge in [0.25, 0.3) is 0 Å². The molecule has 0 aliphatic heterocycles. The number of benzene rings is 1. The van der Waals surface area contributed by atoms with Crippen LogP contribution in [-0.2, 0) is 5.41 Å². The molecule has 0 fully saturated rings. The first-order valence-electron chi connectivity index (χ1n) is 6.40. The Bertz CT molecular complexity index is 673. The summed E-state index contributed by atoms with van der Waals surface area (Å²) >= 11 is 11.5. The second-order valence-corrected chi connectivity index (χ2v) is 6.35. The summed E-state index contributed by atoms with van der Waals surface area (Å²) in [6.45, 7) is 6.49. The van der Waals surface area contributed by atoms with Crippen LogP contribution in [0, 0.1) is 0 Å². The summed E-state index contributed by atoms with van der Waals surface area (Å²) in [5.74, 6) is 0.194. The van der Waals surface area contributed by atoms with Gasteiger partial charge in [0.2, 0.25) is 0 Å². The van der Waals surface area contributed by atoms with Crippen LogP contribution in [0.4, 0.5) is 11.5 Å². The van der Waals surface area contributed by atoms with Crippen molar-refractivity contribution in [3.05, 3.63) is 45.8 Å². The van der Waals surface area contributed by atoms with Crippen molar-refractivity contribution in [1.29, 1.82) is 0 Å². The molecule has 110 valence electrons. The number of aromatic nitrogens is 2. The fourth-order valence-electron chi connectivity index (χ4n) is 1.70. The van der Waals surface area contributed by atoms with E-state index in [-0.39, 0.29) is 21.5 Å². The highest BCUT2D eigenvalue weighted by atomic mass is 35.5. The van der Waals surface area contributed by atoms with Crippen LogP contribution in [0.3, 0.4) is 0 Å². The number of hydrogen-bond donors (Lipinski definition) is 1. The Morgan fingerprint density at radius 1 is 1.05 bits per heavy atom. The highest BCUT2D eigenvalue weighted by Crippen LogP contribution is 2.24. The molecular formula is C15H16Cl2N4. The molecule has 0 aliphatic carbocycles. The molecule has 2 N–H and O–H groups in total. The lowest BCUT2D eigenvalue weighted by Crippen LogP contribution is -2.10. The van der Waals surface area contributed by atoms with Gasteiger partial charge in [-0.25, -0.2) is 9.97 Å². The van der Waals surface area contributed by atoms with Crippen LogP contribution in [-0.4, -0.2) is 16.2 Å². The van der Waals surface area contributed by atoms with Gasteiger partial charge in [-0.05, 0) is 23.1 Å². The molecule has 2 rings (SSSR count). The van der Waals surface area contributed by atoms with E-state index in [9.17, 15) is 0 Å². The number of nitrogens with zero attached hydrogens (tertiary/aromatic N) is 3. The van der Waals surface area contributed by atoms with Crippen LogP contribution in [0.15, 0.2) is 29.3 Å². The summed E-state index contributed by atoms with van der Waals surface area (Å²) in [7, 11) is 0. The first kappa shape index (κ1) is 15.7. The lowest BCUT2D eigenvalue weighted by atomic mass is 9.87. The van der Waals surface area contributed by atoms with Crippen LogP contribution in [0.5, 0.6) is 0 Å². The monoisotopic (exact) mass is 322 g/mol. The molecule has 0 aliphatic rings. The lowest BCUT2D eigenvalue weighted by Gasteiger charge is -2.18. The van der Waals surface area contributed by atoms with Gasteiger partial charge in [0.15, 0.2) is 16.1 Å². The van der Waals surface area contributed by atoms with Crippen molar-refractivity contribution in [3.8, 4) is 0 Å². The Labute approximate surface area is 134 Å². The van der Waals surface area contributed by atoms with E-state index in [2.05, 4.69) is 47.9 Å². The molecule has 0 saturated carbocycles. The maximum atomic E-state index is 5.82. The Kier molecular flexibility index (Phi) is 4.49. The van der Waals surface area contributed by atoms with Gasteiger partial charge in [-0.3, -0.25) is 4.99 Å². The van der Waals surface area contributed by atoms with E-state index in [1.165, 1.54) is 11.8 Å². The third-order valence-corrected chi connectivity index (χ3v) is 3.56. The lowest BCUT2D eigenvalue weighted by molar-refractivity contribution is 0.590. The first-order chi connectivity index (χ1) is 9.77. The molecule has 0 unspecified atom stereocenters. The summed E-state index contributed by atoms with van der Waals surface area (Å²) < 4.78 is 0. The first-order valence-corrected chi connectivity index (χ1v) is 7.16. The SMILES string of the molecule is CC(C)(C)c1ccc(/N=C/c2nc(Cl)c(Cl)nc2N)cc1. The molecule has 1 heterocycles. The average molecular weight is 323 g/mol. The Balaban J connectivity index is 2.24. The standard InChI is InChI=1S/C15H16Cl2N4/c1-15(2,3)9-4-6-10(7-5-9)19-8-11-14(18)21-13(17)12(16)20-11/h4-8H,1-3H3,(H2,18,21)/b19-8+. The Hall–Kier alpha value is -1.65. The zero-order valence-electron chi connectivity index (χ0n) is 12.1. The minimum Gasteiger partial charge on any atom is -0.382 e. The Morgan fingerprint density at radius 3 is 2.19 bits per heavy atom. The van der Waals surface area contributed by atoms with E-state index in [1.807, 2.05) is 12.1 Å². The van der Waals surface area contributed by atoms with Crippen LogP contribution >= 0.6 is 23.2 Å². The van der Waals surface area contributed by atoms with E-state index < -0.39 is 0 Å². The van der Waals surface area contributed by atoms with E-state index in [4.69, 9.17) is 28.9 Å². The smallest absolute Gasteiger partial charge is 0.168 e. The van der Waals surface area contributed by atoms with Crippen molar-refractivity contribution < 1.29 is 0 Å². The number of nitrogen functional groups attached to an aromatic ring is 1. The third-order valence-electron chi connectivity index (χ3n) is 2.94. The number of anilines is 1. The summed E-state index contributed by atoms with van der Waals surface area (Å²) in [4.78, 5) is 12.3. The van der Waals surface area contributed by atoms with Crippen LogP contribution < -0.4 is 5.73 Å². The second kappa shape index (κ2) is 6.00. The molecule has 1 aromatic carbocycles. The number of hydrogen-bond acceptors (Lipinski definition) is 4. The highest BCUT2D eigenvalue weighted by Gasteiger charge is 2.12. The summed E-state index contributed by atoms with van der Waals surface area (Å²) in [6.07, 6.45) is 1.52. The predicted molar refractivity (Wildman–Crippen MR) is 88.9 cm³/mol. The average Bonchev–Trinajstić information content (AvgIpc) is 2.41. The van der Waals surface area contributed by atoms with Gasteiger partial charge < -0.3 is 5.73 Å². The molecule has 0 radical (unpaired) electrons. The number of rotatable bonds is 2. The maximum Gasteiger partial charge on any atom is 0.168 e. The summed E-state index contributed by atoms with van der Waals surface area (Å²) in [5.41, 5.74) is 8.28. The van der Waals surface area contributed by atoms with Crippen LogP contribution in [0.2, 0.25) is 10.3 Å². The van der Waals surface area contributed by atoms with Crippen molar-refractivity contribution in [2.24, 2.45) is 4.99 Å². The van der Waals surface area contributed by atoms with Crippen LogP contribution in [0.1, 0.15) is 32.0 Å². The molecule has 0 saturated heterocycles. The normalized spacial score (nSPS) is 12.0. The molecule has 0 bridgehead atoms. The summed E-state index contributed by atoms with van der Waals surface area (Å²) in [5, 5.41) is 0.191. The van der Waals surface area contributed by atoms with Crippen molar-refractivity contribution >= 4 is 40.9 Å². The largest absolute Gasteiger partial charge is 0.382 e. The van der Waals surface area contributed by atoms with Gasteiger partial charge in [0.05, 0.1) is 11.9 Å². The van der Waals surface area contributed by atoms with E-state index >= 15 is 0 Å². The van der Waals surface area contributed by atoms with E-state index in [0.29, 0.717) is 5.69 Å². The number of halogens is 2. The molecule has 21 heavy (non-hydrogen) atoms. The van der Waals surface area contributed by atoms with E-state index in [0.717, 1.165) is 5.69 Å². The Morgan fingerprint density at radius 2 is 1.62 bits per heavy atom. The zero-order chi connectivity index (χ0) is 15.6. The molecule has 0 spiro atoms. The van der Waals surface area contributed by atoms with Gasteiger partial charge >= 0.3 is 0 Å². The quantitative estimate of drug-likeness (QED) is 0.832. The molecule has 0 amide bonds. The van der Waals surface area contributed by atoms with Crippen molar-refractivity contribution in [1.82, 2.24) is 9.97 Å². The number of nitrogens with two attached hydrogens (primary N) is 1. The van der Waals surface area contributed by atoms with Gasteiger partial charge in [-0.2, -0.15) is 0 Å².